The molecule has 2 N–H and O–H groups in total. The van der Waals surface area contributed by atoms with Gasteiger partial charge in [-0.05, 0) is 36.2 Å². The number of aromatic nitrogens is 2. The molecule has 0 spiro atoms. The number of carbonyl (C=O) groups is 2. The Labute approximate surface area is 186 Å². The number of halogens is 1. The van der Waals surface area contributed by atoms with Crippen molar-refractivity contribution in [3.63, 3.8) is 0 Å². The number of fused-ring (bicyclic) bond motifs is 1. The first-order chi connectivity index (χ1) is 15.9. The molecule has 3 heterocycles. The van der Waals surface area contributed by atoms with Crippen LogP contribution in [0.3, 0.4) is 0 Å². The maximum Gasteiger partial charge on any atom is 0.329 e. The van der Waals surface area contributed by atoms with Crippen molar-refractivity contribution in [2.24, 2.45) is 0 Å². The van der Waals surface area contributed by atoms with Crippen LogP contribution < -0.4 is 16.6 Å². The first-order valence-electron chi connectivity index (χ1n) is 10.6. The van der Waals surface area contributed by atoms with Crippen molar-refractivity contribution in [2.45, 2.75) is 31.7 Å². The molecule has 10 heteroatoms. The van der Waals surface area contributed by atoms with E-state index in [1.807, 2.05) is 4.90 Å². The number of likely N-dealkylation sites (tertiary alicyclic amines) is 1. The summed E-state index contributed by atoms with van der Waals surface area (Å²) >= 11 is 0. The maximum absolute atomic E-state index is 14.5. The summed E-state index contributed by atoms with van der Waals surface area (Å²) in [4.78, 5) is 52.6. The molecule has 0 radical (unpaired) electrons. The Bertz CT molecular complexity index is 1370. The van der Waals surface area contributed by atoms with Gasteiger partial charge in [0.05, 0.1) is 29.4 Å². The van der Waals surface area contributed by atoms with Crippen LogP contribution in [0.25, 0.3) is 10.9 Å². The molecule has 1 amide bonds. The molecule has 9 nitrogen and oxygen atoms in total. The first kappa shape index (κ1) is 21.1. The Kier molecular flexibility index (Phi) is 5.29. The molecule has 3 aromatic rings. The van der Waals surface area contributed by atoms with Crippen LogP contribution in [0.1, 0.15) is 28.8 Å². The molecule has 33 heavy (non-hydrogen) atoms. The second kappa shape index (κ2) is 8.28. The van der Waals surface area contributed by atoms with Gasteiger partial charge in [-0.2, -0.15) is 0 Å². The Balaban J connectivity index is 1.34. The zero-order valence-electron chi connectivity index (χ0n) is 17.5. The van der Waals surface area contributed by atoms with Crippen molar-refractivity contribution in [1.29, 1.82) is 0 Å². The van der Waals surface area contributed by atoms with Crippen LogP contribution in [-0.4, -0.2) is 51.7 Å². The van der Waals surface area contributed by atoms with Crippen molar-refractivity contribution in [2.75, 3.05) is 13.1 Å². The zero-order valence-corrected chi connectivity index (χ0v) is 17.5. The number of para-hydroxylation sites is 1. The summed E-state index contributed by atoms with van der Waals surface area (Å²) in [6.07, 6.45) is 0.764. The number of hydrogen-bond donors (Lipinski definition) is 2. The van der Waals surface area contributed by atoms with E-state index in [4.69, 9.17) is 4.74 Å². The van der Waals surface area contributed by atoms with E-state index in [9.17, 15) is 23.6 Å². The van der Waals surface area contributed by atoms with Gasteiger partial charge in [-0.3, -0.25) is 28.8 Å². The van der Waals surface area contributed by atoms with Crippen LogP contribution in [0, 0.1) is 5.82 Å². The number of nitrogens with zero attached hydrogens (tertiary/aromatic N) is 2. The van der Waals surface area contributed by atoms with E-state index >= 15 is 0 Å². The number of rotatable bonds is 5. The largest absolute Gasteiger partial charge is 0.446 e. The van der Waals surface area contributed by atoms with E-state index in [-0.39, 0.29) is 30.3 Å². The van der Waals surface area contributed by atoms with Gasteiger partial charge in [-0.15, -0.1) is 0 Å². The molecule has 2 unspecified atom stereocenters. The molecule has 2 fully saturated rings. The van der Waals surface area contributed by atoms with Crippen molar-refractivity contribution in [1.82, 2.24) is 19.8 Å². The highest BCUT2D eigenvalue weighted by Gasteiger charge is 2.38. The van der Waals surface area contributed by atoms with Crippen LogP contribution in [0.5, 0.6) is 0 Å². The van der Waals surface area contributed by atoms with E-state index in [1.54, 1.807) is 24.3 Å². The Morgan fingerprint density at radius 3 is 2.76 bits per heavy atom. The van der Waals surface area contributed by atoms with E-state index in [2.05, 4.69) is 10.3 Å². The smallest absolute Gasteiger partial charge is 0.329 e. The highest BCUT2D eigenvalue weighted by atomic mass is 19.1. The number of cyclic esters (lactones) is 1. The molecule has 2 aromatic carbocycles. The summed E-state index contributed by atoms with van der Waals surface area (Å²) in [6, 6.07) is 10.6. The van der Waals surface area contributed by atoms with Gasteiger partial charge in [-0.25, -0.2) is 9.18 Å². The van der Waals surface area contributed by atoms with Gasteiger partial charge >= 0.3 is 11.7 Å². The van der Waals surface area contributed by atoms with Crippen molar-refractivity contribution < 1.29 is 18.7 Å². The minimum absolute atomic E-state index is 0.0565. The summed E-state index contributed by atoms with van der Waals surface area (Å²) in [6.45, 7) is 1.25. The molecule has 2 atom stereocenters. The molecule has 0 bridgehead atoms. The number of hydrogen-bond acceptors (Lipinski definition) is 6. The fraction of sp³-hybridized carbons (Fsp3) is 0.304. The van der Waals surface area contributed by atoms with E-state index in [1.165, 1.54) is 22.8 Å². The van der Waals surface area contributed by atoms with E-state index < -0.39 is 23.0 Å². The van der Waals surface area contributed by atoms with Gasteiger partial charge in [0.15, 0.2) is 6.23 Å². The summed E-state index contributed by atoms with van der Waals surface area (Å²) in [5.74, 6) is -1.45. The summed E-state index contributed by atoms with van der Waals surface area (Å²) in [7, 11) is 0. The average molecular weight is 452 g/mol. The Morgan fingerprint density at radius 2 is 1.97 bits per heavy atom. The minimum Gasteiger partial charge on any atom is -0.446 e. The highest BCUT2D eigenvalue weighted by Crippen LogP contribution is 2.23. The Morgan fingerprint density at radius 1 is 1.18 bits per heavy atom. The normalized spacial score (nSPS) is 20.5. The predicted octanol–water partition coefficient (Wildman–Crippen LogP) is 0.954. The second-order valence-electron chi connectivity index (χ2n) is 8.28. The number of esters is 1. The predicted molar refractivity (Wildman–Crippen MR) is 116 cm³/mol. The van der Waals surface area contributed by atoms with Gasteiger partial charge in [-0.1, -0.05) is 18.2 Å². The van der Waals surface area contributed by atoms with E-state index in [0.29, 0.717) is 42.4 Å². The second-order valence-corrected chi connectivity index (χ2v) is 8.28. The lowest BCUT2D eigenvalue weighted by Gasteiger charge is -2.33. The fourth-order valence-electron chi connectivity index (χ4n) is 4.34. The fourth-order valence-corrected chi connectivity index (χ4v) is 4.34. The van der Waals surface area contributed by atoms with Gasteiger partial charge in [0.1, 0.15) is 5.82 Å². The lowest BCUT2D eigenvalue weighted by Crippen LogP contribution is -2.47. The monoisotopic (exact) mass is 452 g/mol. The lowest BCUT2D eigenvalue weighted by molar-refractivity contribution is -0.187. The number of carbonyl (C=O) groups excluding carboxylic acids is 2. The van der Waals surface area contributed by atoms with Crippen LogP contribution in [0.2, 0.25) is 0 Å². The molecule has 2 aliphatic heterocycles. The molecule has 0 saturated carbocycles. The Hall–Kier alpha value is -3.79. The standard InChI is InChI=1S/C23H21FN4O5/c24-17-6-5-13(11-28-18-4-2-1-3-15(18)21(30)26-23(28)32)9-16(17)22(31)25-14-7-8-27(12-14)19-10-20(29)33-19/h1-6,9,14,19H,7-8,10-12H2,(H,25,31)(H,26,30,32). The summed E-state index contributed by atoms with van der Waals surface area (Å²) in [5.41, 5.74) is -0.201. The SMILES string of the molecule is O=C1CC(N2CCC(NC(=O)c3cc(Cn4c(=O)[nH]c(=O)c5ccccc54)ccc3F)C2)O1. The minimum atomic E-state index is -0.669. The molecular weight excluding hydrogens is 431 g/mol. The van der Waals surface area contributed by atoms with Gasteiger partial charge in [0, 0.05) is 19.1 Å². The molecule has 1 aromatic heterocycles. The van der Waals surface area contributed by atoms with Crippen LogP contribution in [-0.2, 0) is 16.1 Å². The zero-order chi connectivity index (χ0) is 23.1. The molecule has 2 aliphatic rings. The number of aromatic amines is 1. The number of ether oxygens (including phenoxy) is 1. The maximum atomic E-state index is 14.5. The number of benzene rings is 2. The summed E-state index contributed by atoms with van der Waals surface area (Å²) < 4.78 is 20.9. The lowest BCUT2D eigenvalue weighted by atomic mass is 10.1. The molecular formula is C23H21FN4O5. The molecule has 5 rings (SSSR count). The third-order valence-corrected chi connectivity index (χ3v) is 6.09. The van der Waals surface area contributed by atoms with E-state index in [0.717, 1.165) is 0 Å². The third-order valence-electron chi connectivity index (χ3n) is 6.09. The highest BCUT2D eigenvalue weighted by molar-refractivity contribution is 5.95. The van der Waals surface area contributed by atoms with Crippen LogP contribution in [0.4, 0.5) is 4.39 Å². The van der Waals surface area contributed by atoms with Crippen LogP contribution in [0.15, 0.2) is 52.1 Å². The van der Waals surface area contributed by atoms with Crippen molar-refractivity contribution in [3.05, 3.63) is 80.2 Å². The number of H-pyrrole nitrogens is 1. The van der Waals surface area contributed by atoms with Gasteiger partial charge < -0.3 is 10.1 Å². The van der Waals surface area contributed by atoms with Crippen molar-refractivity contribution in [3.8, 4) is 0 Å². The summed E-state index contributed by atoms with van der Waals surface area (Å²) in [5, 5.41) is 3.20. The topological polar surface area (TPSA) is 113 Å². The number of amides is 1. The molecule has 0 aliphatic carbocycles. The van der Waals surface area contributed by atoms with Gasteiger partial charge in [0.25, 0.3) is 11.5 Å². The van der Waals surface area contributed by atoms with Crippen LogP contribution >= 0.6 is 0 Å². The van der Waals surface area contributed by atoms with Gasteiger partial charge in [0.2, 0.25) is 0 Å². The molecule has 170 valence electrons. The third kappa shape index (κ3) is 4.05. The average Bonchev–Trinajstić information content (AvgIpc) is 3.23. The first-order valence-corrected chi connectivity index (χ1v) is 10.6. The van der Waals surface area contributed by atoms with Crippen molar-refractivity contribution >= 4 is 22.8 Å². The molecule has 2 saturated heterocycles. The quantitative estimate of drug-likeness (QED) is 0.558. The number of nitrogens with one attached hydrogen (secondary N) is 2.